The van der Waals surface area contributed by atoms with Crippen molar-refractivity contribution in [2.45, 2.75) is 43.3 Å². The molecule has 0 N–H and O–H groups in total. The summed E-state index contributed by atoms with van der Waals surface area (Å²) < 4.78 is 8.12. The van der Waals surface area contributed by atoms with Crippen LogP contribution in [0.1, 0.15) is 36.0 Å². The van der Waals surface area contributed by atoms with Crippen LogP contribution in [0.4, 0.5) is 0 Å². The van der Waals surface area contributed by atoms with Crippen LogP contribution in [0, 0.1) is 6.92 Å². The Kier molecular flexibility index (Phi) is 5.98. The van der Waals surface area contributed by atoms with Crippen molar-refractivity contribution < 1.29 is 4.74 Å². The van der Waals surface area contributed by atoms with Crippen LogP contribution in [0.25, 0.3) is 10.6 Å². The highest BCUT2D eigenvalue weighted by molar-refractivity contribution is 7.98. The second-order valence-corrected chi connectivity index (χ2v) is 9.73. The summed E-state index contributed by atoms with van der Waals surface area (Å²) in [6, 6.07) is 16.4. The zero-order chi connectivity index (χ0) is 21.2. The molecule has 0 spiro atoms. The van der Waals surface area contributed by atoms with Gasteiger partial charge >= 0.3 is 0 Å². The summed E-state index contributed by atoms with van der Waals surface area (Å²) in [4.78, 5) is 4.81. The number of hydrogen-bond donors (Lipinski definition) is 0. The smallest absolute Gasteiger partial charge is 0.191 e. The Morgan fingerprint density at radius 2 is 1.94 bits per heavy atom. The van der Waals surface area contributed by atoms with E-state index in [2.05, 4.69) is 51.3 Å². The molecule has 1 aliphatic carbocycles. The minimum Gasteiger partial charge on any atom is -0.484 e. The molecule has 2 aromatic carbocycles. The van der Waals surface area contributed by atoms with Gasteiger partial charge in [0, 0.05) is 22.7 Å². The van der Waals surface area contributed by atoms with Gasteiger partial charge in [0.2, 0.25) is 0 Å². The molecule has 8 heteroatoms. The molecule has 0 bridgehead atoms. The second-order valence-electron chi connectivity index (χ2n) is 7.52. The van der Waals surface area contributed by atoms with Crippen LogP contribution in [0.3, 0.4) is 0 Å². The molecule has 4 aromatic rings. The van der Waals surface area contributed by atoms with Crippen LogP contribution in [0.5, 0.6) is 5.75 Å². The summed E-state index contributed by atoms with van der Waals surface area (Å²) in [7, 11) is 0. The molecular weight excluding hydrogens is 448 g/mol. The van der Waals surface area contributed by atoms with Gasteiger partial charge in [0.15, 0.2) is 11.0 Å². The van der Waals surface area contributed by atoms with Crippen molar-refractivity contribution in [2.24, 2.45) is 0 Å². The number of ether oxygens (including phenoxy) is 1. The third-order valence-corrected chi connectivity index (χ3v) is 7.27. The number of para-hydroxylation sites is 1. The first-order valence-corrected chi connectivity index (χ1v) is 12.4. The van der Waals surface area contributed by atoms with Crippen molar-refractivity contribution in [3.05, 3.63) is 76.0 Å². The molecule has 31 heavy (non-hydrogen) atoms. The fraction of sp³-hybridized carbons (Fsp3) is 0.261. The van der Waals surface area contributed by atoms with Crippen molar-refractivity contribution in [2.75, 3.05) is 0 Å². The predicted octanol–water partition coefficient (Wildman–Crippen LogP) is 6.57. The zero-order valence-electron chi connectivity index (χ0n) is 17.0. The molecule has 0 aliphatic heterocycles. The average molecular weight is 469 g/mol. The molecular formula is C23H21ClN4OS2. The Hall–Kier alpha value is -2.35. The van der Waals surface area contributed by atoms with Gasteiger partial charge < -0.3 is 4.74 Å². The number of thiazole rings is 1. The molecule has 0 saturated heterocycles. The number of aromatic nitrogens is 4. The van der Waals surface area contributed by atoms with Crippen molar-refractivity contribution >= 4 is 34.7 Å². The van der Waals surface area contributed by atoms with E-state index in [1.165, 1.54) is 5.56 Å². The molecule has 1 saturated carbocycles. The zero-order valence-corrected chi connectivity index (χ0v) is 19.4. The Morgan fingerprint density at radius 3 is 2.71 bits per heavy atom. The van der Waals surface area contributed by atoms with Gasteiger partial charge in [-0.15, -0.1) is 21.5 Å². The van der Waals surface area contributed by atoms with Crippen molar-refractivity contribution in [1.29, 1.82) is 0 Å². The van der Waals surface area contributed by atoms with E-state index in [1.54, 1.807) is 23.1 Å². The second kappa shape index (κ2) is 9.02. The standard InChI is InChI=1S/C23H21ClN4OS2/c1-15-6-8-16(9-7-15)22-25-17(13-30-22)14-31-23-27-26-21(28(23)18-10-11-18)12-29-20-5-3-2-4-19(20)24/h2-9,13,18H,10-12,14H2,1H3. The maximum Gasteiger partial charge on any atom is 0.191 e. The lowest BCUT2D eigenvalue weighted by atomic mass is 10.2. The van der Waals surface area contributed by atoms with Crippen LogP contribution in [-0.2, 0) is 12.4 Å². The maximum absolute atomic E-state index is 6.20. The van der Waals surface area contributed by atoms with E-state index < -0.39 is 0 Å². The molecule has 0 atom stereocenters. The summed E-state index contributed by atoms with van der Waals surface area (Å²) in [5.74, 6) is 2.26. The maximum atomic E-state index is 6.20. The number of hydrogen-bond acceptors (Lipinski definition) is 6. The third kappa shape index (κ3) is 4.79. The minimum atomic E-state index is 0.349. The van der Waals surface area contributed by atoms with Crippen LogP contribution >= 0.6 is 34.7 Å². The molecule has 5 rings (SSSR count). The number of halogens is 1. The highest BCUT2D eigenvalue weighted by Gasteiger charge is 2.30. The highest BCUT2D eigenvalue weighted by Crippen LogP contribution is 2.40. The van der Waals surface area contributed by atoms with E-state index in [9.17, 15) is 0 Å². The molecule has 0 radical (unpaired) electrons. The quantitative estimate of drug-likeness (QED) is 0.274. The van der Waals surface area contributed by atoms with Gasteiger partial charge in [0.05, 0.1) is 10.7 Å². The van der Waals surface area contributed by atoms with Gasteiger partial charge in [-0.2, -0.15) is 0 Å². The van der Waals surface area contributed by atoms with E-state index in [0.29, 0.717) is 23.4 Å². The molecule has 1 aliphatic rings. The summed E-state index contributed by atoms with van der Waals surface area (Å²) >= 11 is 9.56. The van der Waals surface area contributed by atoms with Crippen molar-refractivity contribution in [3.63, 3.8) is 0 Å². The number of thioether (sulfide) groups is 1. The largest absolute Gasteiger partial charge is 0.484 e. The van der Waals surface area contributed by atoms with Gasteiger partial charge in [-0.3, -0.25) is 4.57 Å². The fourth-order valence-electron chi connectivity index (χ4n) is 3.25. The van der Waals surface area contributed by atoms with Gasteiger partial charge in [-0.05, 0) is 31.9 Å². The lowest BCUT2D eigenvalue weighted by Gasteiger charge is -2.10. The van der Waals surface area contributed by atoms with E-state index in [-0.39, 0.29) is 0 Å². The van der Waals surface area contributed by atoms with Gasteiger partial charge in [-0.1, -0.05) is 65.3 Å². The lowest BCUT2D eigenvalue weighted by Crippen LogP contribution is -2.07. The predicted molar refractivity (Wildman–Crippen MR) is 126 cm³/mol. The van der Waals surface area contributed by atoms with Crippen molar-refractivity contribution in [3.8, 4) is 16.3 Å². The monoisotopic (exact) mass is 468 g/mol. The minimum absolute atomic E-state index is 0.349. The molecule has 158 valence electrons. The molecule has 5 nitrogen and oxygen atoms in total. The topological polar surface area (TPSA) is 52.8 Å². The van der Waals surface area contributed by atoms with E-state index in [4.69, 9.17) is 21.3 Å². The highest BCUT2D eigenvalue weighted by atomic mass is 35.5. The summed E-state index contributed by atoms with van der Waals surface area (Å²) in [5.41, 5.74) is 3.47. The normalized spacial score (nSPS) is 13.5. The SMILES string of the molecule is Cc1ccc(-c2nc(CSc3nnc(COc4ccccc4Cl)n3C3CC3)cs2)cc1. The Morgan fingerprint density at radius 1 is 1.13 bits per heavy atom. The Balaban J connectivity index is 1.27. The van der Waals surface area contributed by atoms with E-state index in [0.717, 1.165) is 45.8 Å². The van der Waals surface area contributed by atoms with Gasteiger partial charge in [0.1, 0.15) is 17.4 Å². The first kappa shape index (κ1) is 20.5. The summed E-state index contributed by atoms with van der Waals surface area (Å²) in [6.07, 6.45) is 2.30. The number of aryl methyl sites for hydroxylation is 1. The van der Waals surface area contributed by atoms with Crippen LogP contribution in [-0.4, -0.2) is 19.7 Å². The van der Waals surface area contributed by atoms with Crippen LogP contribution in [0.2, 0.25) is 5.02 Å². The average Bonchev–Trinajstić information content (AvgIpc) is 3.36. The van der Waals surface area contributed by atoms with Crippen LogP contribution in [0.15, 0.2) is 59.1 Å². The summed E-state index contributed by atoms with van der Waals surface area (Å²) in [6.45, 7) is 2.44. The molecule has 0 amide bonds. The fourth-order valence-corrected chi connectivity index (χ4v) is 5.29. The molecule has 2 heterocycles. The van der Waals surface area contributed by atoms with Crippen molar-refractivity contribution in [1.82, 2.24) is 19.7 Å². The molecule has 2 aromatic heterocycles. The number of nitrogens with zero attached hydrogens (tertiary/aromatic N) is 4. The Bertz CT molecular complexity index is 1180. The lowest BCUT2D eigenvalue weighted by molar-refractivity contribution is 0.288. The molecule has 1 fully saturated rings. The number of benzene rings is 2. The van der Waals surface area contributed by atoms with Crippen LogP contribution < -0.4 is 4.74 Å². The Labute approximate surface area is 194 Å². The first-order valence-electron chi connectivity index (χ1n) is 10.1. The van der Waals surface area contributed by atoms with E-state index >= 15 is 0 Å². The third-order valence-electron chi connectivity index (χ3n) is 5.04. The summed E-state index contributed by atoms with van der Waals surface area (Å²) in [5, 5.41) is 13.5. The van der Waals surface area contributed by atoms with Gasteiger partial charge in [-0.25, -0.2) is 4.98 Å². The molecule has 0 unspecified atom stereocenters. The van der Waals surface area contributed by atoms with E-state index in [1.807, 2.05) is 24.3 Å². The first-order chi connectivity index (χ1) is 15.2. The van der Waals surface area contributed by atoms with Gasteiger partial charge in [0.25, 0.3) is 0 Å². The number of rotatable bonds is 8.